The number of oxime groups is 1. The normalized spacial score (nSPS) is 23.0. The number of benzene rings is 4. The zero-order valence-corrected chi connectivity index (χ0v) is 36.7. The molecule has 2 aliphatic carbocycles. The van der Waals surface area contributed by atoms with Crippen molar-refractivity contribution in [2.45, 2.75) is 82.8 Å². The van der Waals surface area contributed by atoms with Crippen LogP contribution < -0.4 is 18.9 Å². The first kappa shape index (κ1) is 45.4. The topological polar surface area (TPSA) is 152 Å². The highest BCUT2D eigenvalue weighted by Crippen LogP contribution is 2.62. The highest BCUT2D eigenvalue weighted by atomic mass is 19.1. The van der Waals surface area contributed by atoms with E-state index in [2.05, 4.69) is 18.7 Å². The number of halogens is 1. The predicted molar refractivity (Wildman–Crippen MR) is 241 cm³/mol. The van der Waals surface area contributed by atoms with Gasteiger partial charge < -0.3 is 43.6 Å². The second-order valence-electron chi connectivity index (χ2n) is 16.9. The van der Waals surface area contributed by atoms with Crippen LogP contribution >= 0.6 is 0 Å². The molecule has 4 aromatic carbocycles. The molecule has 4 aliphatic rings. The molecular formula is C52H56FN3O9. The molecule has 2 N–H and O–H groups in total. The van der Waals surface area contributed by atoms with Crippen molar-refractivity contribution in [2.24, 2.45) is 22.9 Å². The molecule has 65 heavy (non-hydrogen) atoms. The van der Waals surface area contributed by atoms with Crippen molar-refractivity contribution in [3.05, 3.63) is 143 Å². The number of hydrogen-bond donors (Lipinski definition) is 2. The van der Waals surface area contributed by atoms with Crippen molar-refractivity contribution in [2.75, 3.05) is 33.2 Å². The van der Waals surface area contributed by atoms with Crippen LogP contribution in [0.1, 0.15) is 90.4 Å². The number of fused-ring (bicyclic) bond motifs is 3. The quantitative estimate of drug-likeness (QED) is 0.0500. The Morgan fingerprint density at radius 3 is 2.51 bits per heavy atom. The second kappa shape index (κ2) is 20.7. The number of aliphatic hydroxyl groups is 2. The molecule has 12 nitrogen and oxygen atoms in total. The summed E-state index contributed by atoms with van der Waals surface area (Å²) in [5.41, 5.74) is 4.42. The molecule has 6 atom stereocenters. The van der Waals surface area contributed by atoms with Gasteiger partial charge in [-0.15, -0.1) is 6.58 Å². The van der Waals surface area contributed by atoms with Crippen LogP contribution in [0.4, 0.5) is 4.39 Å². The molecular weight excluding hydrogens is 830 g/mol. The molecule has 1 amide bonds. The molecule has 0 unspecified atom stereocenters. The van der Waals surface area contributed by atoms with Crippen LogP contribution in [0.2, 0.25) is 0 Å². The van der Waals surface area contributed by atoms with E-state index >= 15 is 4.79 Å². The van der Waals surface area contributed by atoms with Crippen molar-refractivity contribution in [1.29, 1.82) is 5.26 Å². The van der Waals surface area contributed by atoms with Crippen LogP contribution in [0, 0.1) is 34.9 Å². The molecule has 1 saturated carbocycles. The lowest BCUT2D eigenvalue weighted by Crippen LogP contribution is -2.70. The maximum absolute atomic E-state index is 15.4. The van der Waals surface area contributed by atoms with Gasteiger partial charge in [-0.25, -0.2) is 4.39 Å². The summed E-state index contributed by atoms with van der Waals surface area (Å²) in [6, 6.07) is 25.7. The number of nitrogens with zero attached hydrogens (tertiary/aromatic N) is 3. The molecule has 0 radical (unpaired) electrons. The van der Waals surface area contributed by atoms with Gasteiger partial charge in [-0.05, 0) is 116 Å². The summed E-state index contributed by atoms with van der Waals surface area (Å²) in [6.07, 6.45) is 8.49. The van der Waals surface area contributed by atoms with Crippen LogP contribution in [-0.4, -0.2) is 71.8 Å². The van der Waals surface area contributed by atoms with E-state index in [4.69, 9.17) is 33.7 Å². The Kier molecular flexibility index (Phi) is 14.5. The van der Waals surface area contributed by atoms with Crippen LogP contribution in [0.3, 0.4) is 0 Å². The van der Waals surface area contributed by atoms with E-state index < -0.39 is 17.7 Å². The minimum absolute atomic E-state index is 0.0151. The van der Waals surface area contributed by atoms with Gasteiger partial charge in [-0.3, -0.25) is 4.79 Å². The Labute approximate surface area is 379 Å². The van der Waals surface area contributed by atoms with E-state index in [1.165, 1.54) is 6.07 Å². The molecule has 1 fully saturated rings. The lowest BCUT2D eigenvalue weighted by molar-refractivity contribution is -0.255. The predicted octanol–water partition coefficient (Wildman–Crippen LogP) is 9.00. The van der Waals surface area contributed by atoms with Crippen molar-refractivity contribution in [3.63, 3.8) is 0 Å². The second-order valence-corrected chi connectivity index (χ2v) is 16.9. The van der Waals surface area contributed by atoms with Crippen LogP contribution in [-0.2, 0) is 22.7 Å². The van der Waals surface area contributed by atoms with Crippen molar-refractivity contribution in [3.8, 4) is 29.1 Å². The molecule has 0 bridgehead atoms. The van der Waals surface area contributed by atoms with Gasteiger partial charge in [0.1, 0.15) is 36.6 Å². The number of nitriles is 1. The summed E-state index contributed by atoms with van der Waals surface area (Å²) in [5, 5.41) is 34.4. The van der Waals surface area contributed by atoms with E-state index in [1.54, 1.807) is 53.4 Å². The Hall–Kier alpha value is -6.20. The highest BCUT2D eigenvalue weighted by molar-refractivity contribution is 6.03. The molecule has 13 heteroatoms. The third-order valence-electron chi connectivity index (χ3n) is 13.0. The van der Waals surface area contributed by atoms with E-state index in [0.29, 0.717) is 64.8 Å². The molecule has 0 spiro atoms. The Bertz CT molecular complexity index is 2430. The Morgan fingerprint density at radius 2 is 1.75 bits per heavy atom. The number of carbonyl (C=O) groups is 1. The van der Waals surface area contributed by atoms with Gasteiger partial charge in [-0.2, -0.15) is 5.26 Å². The van der Waals surface area contributed by atoms with E-state index in [1.807, 2.05) is 43.3 Å². The van der Waals surface area contributed by atoms with Gasteiger partial charge in [0.25, 0.3) is 5.91 Å². The molecule has 0 aromatic heterocycles. The van der Waals surface area contributed by atoms with Gasteiger partial charge in [-0.1, -0.05) is 54.4 Å². The molecule has 340 valence electrons. The summed E-state index contributed by atoms with van der Waals surface area (Å²) < 4.78 is 47.1. The fourth-order valence-corrected chi connectivity index (χ4v) is 10.1. The summed E-state index contributed by atoms with van der Waals surface area (Å²) in [6.45, 7) is 6.66. The monoisotopic (exact) mass is 885 g/mol. The minimum Gasteiger partial charge on any atom is -0.489 e. The summed E-state index contributed by atoms with van der Waals surface area (Å²) in [5.74, 6) is -0.785. The highest BCUT2D eigenvalue weighted by Gasteiger charge is 2.65. The molecule has 0 saturated heterocycles. The maximum Gasteiger partial charge on any atom is 0.254 e. The van der Waals surface area contributed by atoms with Crippen molar-refractivity contribution in [1.82, 2.24) is 4.90 Å². The SMILES string of the molecule is C=CCO[C@@]12Oc3ccc(OCc4ccccc4F)cc3[C@H]3[C@H](CCCCO)[C@@H](CCCCO)C=C(C(=NOCC)C[C@@H]1N(Cc1ccc4c(c1)OCO4)C(=O)c1ccc(C#N)cc1)[C@H]32. The minimum atomic E-state index is -1.53. The zero-order valence-electron chi connectivity index (χ0n) is 36.7. The number of allylic oxidation sites excluding steroid dienone is 1. The summed E-state index contributed by atoms with van der Waals surface area (Å²) >= 11 is 0. The molecule has 2 heterocycles. The summed E-state index contributed by atoms with van der Waals surface area (Å²) in [4.78, 5) is 23.1. The lowest BCUT2D eigenvalue weighted by atomic mass is 9.55. The third kappa shape index (κ3) is 9.48. The first-order chi connectivity index (χ1) is 31.8. The first-order valence-corrected chi connectivity index (χ1v) is 22.6. The van der Waals surface area contributed by atoms with Gasteiger partial charge in [0, 0.05) is 48.8 Å². The number of carbonyl (C=O) groups excluding carboxylic acids is 1. The van der Waals surface area contributed by atoms with Crippen molar-refractivity contribution >= 4 is 11.6 Å². The molecule has 8 rings (SSSR count). The first-order valence-electron chi connectivity index (χ1n) is 22.6. The number of rotatable bonds is 20. The van der Waals surface area contributed by atoms with Crippen LogP contribution in [0.5, 0.6) is 23.0 Å². The number of aliphatic hydroxyl groups excluding tert-OH is 2. The average Bonchev–Trinajstić information content (AvgIpc) is 3.81. The standard InChI is InChI=1S/C52H56FN3O9/c1-3-25-63-52-48(56(51(59)36-18-15-34(30-54)16-19-36)31-35-17-21-46-47(26-35)62-33-61-46)29-44(55-64-4-2)41-27-37(11-7-9-23-57)40(13-8-10-24-58)49(50(41)52)42-28-39(20-22-45(42)65-52)60-32-38-12-5-6-14-43(38)53/h3,5-6,12,14-22,26-28,37,40,48-50,57-58H,1,4,7-11,13,23-25,29,31-33H2,2H3/t37-,40+,48-,49+,50+,52+/m0/s1. The average molecular weight is 886 g/mol. The number of unbranched alkanes of at least 4 members (excludes halogenated alkanes) is 2. The van der Waals surface area contributed by atoms with Gasteiger partial charge in [0.05, 0.1) is 29.9 Å². The number of amides is 1. The maximum atomic E-state index is 15.4. The van der Waals surface area contributed by atoms with E-state index in [-0.39, 0.29) is 75.7 Å². The van der Waals surface area contributed by atoms with Crippen LogP contribution in [0.15, 0.2) is 114 Å². The van der Waals surface area contributed by atoms with Gasteiger partial charge in [0.15, 0.2) is 11.5 Å². The van der Waals surface area contributed by atoms with Crippen molar-refractivity contribution < 1.29 is 47.9 Å². The molecule has 2 aliphatic heterocycles. The molecule has 4 aromatic rings. The van der Waals surface area contributed by atoms with E-state index in [9.17, 15) is 19.9 Å². The fourth-order valence-electron chi connectivity index (χ4n) is 10.1. The zero-order chi connectivity index (χ0) is 45.3. The fraction of sp³-hybridized carbons (Fsp3) is 0.404. The van der Waals surface area contributed by atoms with E-state index in [0.717, 1.165) is 42.4 Å². The van der Waals surface area contributed by atoms with Crippen LogP contribution in [0.25, 0.3) is 0 Å². The number of hydrogen-bond acceptors (Lipinski definition) is 11. The lowest BCUT2D eigenvalue weighted by Gasteiger charge is -2.60. The third-order valence-corrected chi connectivity index (χ3v) is 13.0. The Morgan fingerprint density at radius 1 is 0.985 bits per heavy atom. The number of ether oxygens (including phenoxy) is 5. The summed E-state index contributed by atoms with van der Waals surface area (Å²) in [7, 11) is 0. The van der Waals surface area contributed by atoms with Gasteiger partial charge >= 0.3 is 0 Å². The largest absolute Gasteiger partial charge is 0.489 e. The smallest absolute Gasteiger partial charge is 0.254 e. The Balaban J connectivity index is 1.33. The van der Waals surface area contributed by atoms with Gasteiger partial charge in [0.2, 0.25) is 12.6 Å².